The van der Waals surface area contributed by atoms with E-state index in [0.29, 0.717) is 6.54 Å². The minimum Gasteiger partial charge on any atom is -0.395 e. The molecule has 4 heteroatoms. The number of hydrogen-bond acceptors (Lipinski definition) is 2. The van der Waals surface area contributed by atoms with Gasteiger partial charge in [-0.3, -0.25) is 0 Å². The standard InChI is InChI=1S/C11H14N2OS/c14-9-8-12-6-7-13(11(12)15)10-4-2-1-3-5-10/h1-5,14H,6-9H2. The van der Waals surface area contributed by atoms with E-state index in [9.17, 15) is 0 Å². The molecule has 0 radical (unpaired) electrons. The summed E-state index contributed by atoms with van der Waals surface area (Å²) in [4.78, 5) is 4.13. The Hall–Kier alpha value is -1.13. The van der Waals surface area contributed by atoms with Crippen LogP contribution in [0.25, 0.3) is 0 Å². The predicted molar refractivity (Wildman–Crippen MR) is 65.0 cm³/mol. The van der Waals surface area contributed by atoms with Crippen LogP contribution in [0.3, 0.4) is 0 Å². The van der Waals surface area contributed by atoms with Gasteiger partial charge in [-0.15, -0.1) is 0 Å². The van der Waals surface area contributed by atoms with Gasteiger partial charge in [-0.25, -0.2) is 0 Å². The lowest BCUT2D eigenvalue weighted by atomic mass is 10.3. The molecule has 1 aliphatic heterocycles. The SMILES string of the molecule is OCCN1CCN(c2ccccc2)C1=S. The summed E-state index contributed by atoms with van der Waals surface area (Å²) in [5.41, 5.74) is 1.13. The Balaban J connectivity index is 2.11. The summed E-state index contributed by atoms with van der Waals surface area (Å²) in [5, 5.41) is 9.70. The Morgan fingerprint density at radius 1 is 1.20 bits per heavy atom. The number of para-hydroxylation sites is 1. The van der Waals surface area contributed by atoms with Gasteiger partial charge in [-0.1, -0.05) is 18.2 Å². The first-order chi connectivity index (χ1) is 7.33. The molecule has 1 aromatic rings. The normalized spacial score (nSPS) is 16.2. The zero-order chi connectivity index (χ0) is 10.7. The number of anilines is 1. The van der Waals surface area contributed by atoms with Crippen molar-refractivity contribution >= 4 is 23.0 Å². The Kier molecular flexibility index (Phi) is 3.18. The van der Waals surface area contributed by atoms with Crippen molar-refractivity contribution in [3.05, 3.63) is 30.3 Å². The van der Waals surface area contributed by atoms with Gasteiger partial charge >= 0.3 is 0 Å². The predicted octanol–water partition coefficient (Wildman–Crippen LogP) is 1.09. The lowest BCUT2D eigenvalue weighted by molar-refractivity contribution is 0.258. The van der Waals surface area contributed by atoms with Crippen LogP contribution in [0.5, 0.6) is 0 Å². The van der Waals surface area contributed by atoms with Crippen molar-refractivity contribution in [2.45, 2.75) is 0 Å². The molecule has 0 unspecified atom stereocenters. The van der Waals surface area contributed by atoms with E-state index in [1.807, 2.05) is 23.1 Å². The van der Waals surface area contributed by atoms with Crippen molar-refractivity contribution in [2.24, 2.45) is 0 Å². The highest BCUT2D eigenvalue weighted by Crippen LogP contribution is 2.19. The number of aliphatic hydroxyl groups excluding tert-OH is 1. The first kappa shape index (κ1) is 10.4. The minimum absolute atomic E-state index is 0.156. The summed E-state index contributed by atoms with van der Waals surface area (Å²) >= 11 is 5.35. The van der Waals surface area contributed by atoms with Crippen LogP contribution in [0.4, 0.5) is 5.69 Å². The van der Waals surface area contributed by atoms with Crippen LogP contribution in [-0.4, -0.2) is 41.4 Å². The zero-order valence-corrected chi connectivity index (χ0v) is 9.28. The van der Waals surface area contributed by atoms with E-state index in [1.54, 1.807) is 0 Å². The highest BCUT2D eigenvalue weighted by molar-refractivity contribution is 7.80. The van der Waals surface area contributed by atoms with Crippen molar-refractivity contribution in [1.82, 2.24) is 4.90 Å². The molecule has 0 amide bonds. The molecule has 80 valence electrons. The molecule has 1 fully saturated rings. The smallest absolute Gasteiger partial charge is 0.176 e. The van der Waals surface area contributed by atoms with Crippen molar-refractivity contribution in [3.63, 3.8) is 0 Å². The highest BCUT2D eigenvalue weighted by atomic mass is 32.1. The maximum atomic E-state index is 8.88. The van der Waals surface area contributed by atoms with E-state index >= 15 is 0 Å². The van der Waals surface area contributed by atoms with Crippen LogP contribution in [0.2, 0.25) is 0 Å². The maximum absolute atomic E-state index is 8.88. The summed E-state index contributed by atoms with van der Waals surface area (Å²) in [6.07, 6.45) is 0. The zero-order valence-electron chi connectivity index (χ0n) is 8.47. The van der Waals surface area contributed by atoms with E-state index in [-0.39, 0.29) is 6.61 Å². The molecule has 0 saturated carbocycles. The molecule has 0 spiro atoms. The number of nitrogens with zero attached hydrogens (tertiary/aromatic N) is 2. The molecule has 1 saturated heterocycles. The van der Waals surface area contributed by atoms with Gasteiger partial charge in [0, 0.05) is 25.3 Å². The van der Waals surface area contributed by atoms with E-state index in [0.717, 1.165) is 23.9 Å². The molecule has 0 aromatic heterocycles. The highest BCUT2D eigenvalue weighted by Gasteiger charge is 2.24. The van der Waals surface area contributed by atoms with Crippen LogP contribution in [0.1, 0.15) is 0 Å². The van der Waals surface area contributed by atoms with Gasteiger partial charge in [-0.05, 0) is 24.4 Å². The Bertz CT molecular complexity index is 342. The number of rotatable bonds is 3. The molecule has 0 aliphatic carbocycles. The van der Waals surface area contributed by atoms with Crippen LogP contribution >= 0.6 is 12.2 Å². The number of benzene rings is 1. The number of thiocarbonyl (C=S) groups is 1. The Morgan fingerprint density at radius 3 is 2.60 bits per heavy atom. The van der Waals surface area contributed by atoms with Crippen molar-refractivity contribution < 1.29 is 5.11 Å². The molecule has 1 aromatic carbocycles. The molecule has 1 N–H and O–H groups in total. The molecule has 15 heavy (non-hydrogen) atoms. The number of β-amino-alcohol motifs (C(OH)–C–C–N with tert-alkyl or cyclic N) is 1. The van der Waals surface area contributed by atoms with Crippen molar-refractivity contribution in [1.29, 1.82) is 0 Å². The fraction of sp³-hybridized carbons (Fsp3) is 0.364. The molecular formula is C11H14N2OS. The molecule has 2 rings (SSSR count). The van der Waals surface area contributed by atoms with Crippen LogP contribution < -0.4 is 4.90 Å². The first-order valence-corrected chi connectivity index (χ1v) is 5.46. The van der Waals surface area contributed by atoms with Crippen LogP contribution in [0.15, 0.2) is 30.3 Å². The topological polar surface area (TPSA) is 26.7 Å². The van der Waals surface area contributed by atoms with Gasteiger partial charge in [0.05, 0.1) is 6.61 Å². The monoisotopic (exact) mass is 222 g/mol. The third-order valence-corrected chi connectivity index (χ3v) is 3.01. The summed E-state index contributed by atoms with van der Waals surface area (Å²) in [6.45, 7) is 2.59. The Morgan fingerprint density at radius 2 is 1.93 bits per heavy atom. The van der Waals surface area contributed by atoms with Gasteiger partial charge in [0.2, 0.25) is 0 Å². The number of hydrogen-bond donors (Lipinski definition) is 1. The van der Waals surface area contributed by atoms with E-state index < -0.39 is 0 Å². The van der Waals surface area contributed by atoms with Crippen LogP contribution in [0, 0.1) is 0 Å². The van der Waals surface area contributed by atoms with E-state index in [4.69, 9.17) is 17.3 Å². The fourth-order valence-electron chi connectivity index (χ4n) is 1.76. The molecule has 3 nitrogen and oxygen atoms in total. The van der Waals surface area contributed by atoms with Crippen LogP contribution in [-0.2, 0) is 0 Å². The Labute approximate surface area is 94.9 Å². The summed E-state index contributed by atoms with van der Waals surface area (Å²) in [6, 6.07) is 10.1. The fourth-order valence-corrected chi connectivity index (χ4v) is 2.14. The van der Waals surface area contributed by atoms with Gasteiger partial charge < -0.3 is 14.9 Å². The molecule has 0 bridgehead atoms. The number of aliphatic hydroxyl groups is 1. The largest absolute Gasteiger partial charge is 0.395 e. The molecule has 1 aliphatic rings. The summed E-state index contributed by atoms with van der Waals surface area (Å²) in [5.74, 6) is 0. The quantitative estimate of drug-likeness (QED) is 0.774. The molecule has 0 atom stereocenters. The lowest BCUT2D eigenvalue weighted by Gasteiger charge is -2.21. The third-order valence-electron chi connectivity index (χ3n) is 2.53. The molecule has 1 heterocycles. The minimum atomic E-state index is 0.156. The van der Waals surface area contributed by atoms with Gasteiger partial charge in [-0.2, -0.15) is 0 Å². The van der Waals surface area contributed by atoms with E-state index in [1.165, 1.54) is 0 Å². The van der Waals surface area contributed by atoms with Crippen molar-refractivity contribution in [3.8, 4) is 0 Å². The average Bonchev–Trinajstić information content (AvgIpc) is 2.63. The van der Waals surface area contributed by atoms with Crippen molar-refractivity contribution in [2.75, 3.05) is 31.1 Å². The molecular weight excluding hydrogens is 208 g/mol. The second kappa shape index (κ2) is 4.59. The second-order valence-electron chi connectivity index (χ2n) is 3.48. The first-order valence-electron chi connectivity index (χ1n) is 5.05. The maximum Gasteiger partial charge on any atom is 0.176 e. The summed E-state index contributed by atoms with van der Waals surface area (Å²) < 4.78 is 0. The third kappa shape index (κ3) is 2.11. The van der Waals surface area contributed by atoms with E-state index in [2.05, 4.69) is 17.0 Å². The van der Waals surface area contributed by atoms with Gasteiger partial charge in [0.25, 0.3) is 0 Å². The van der Waals surface area contributed by atoms with Gasteiger partial charge in [0.1, 0.15) is 0 Å². The lowest BCUT2D eigenvalue weighted by Crippen LogP contribution is -2.33. The van der Waals surface area contributed by atoms with Gasteiger partial charge in [0.15, 0.2) is 5.11 Å². The summed E-state index contributed by atoms with van der Waals surface area (Å²) in [7, 11) is 0. The average molecular weight is 222 g/mol. The second-order valence-corrected chi connectivity index (χ2v) is 3.85.